The molecule has 1 fully saturated rings. The Bertz CT molecular complexity index is 897. The van der Waals surface area contributed by atoms with Crippen LogP contribution >= 0.6 is 34.8 Å². The van der Waals surface area contributed by atoms with E-state index < -0.39 is 16.8 Å². The lowest BCUT2D eigenvalue weighted by molar-refractivity contribution is -0.137. The minimum absolute atomic E-state index is 0.0853. The number of nitrogens with one attached hydrogen (secondary N) is 1. The van der Waals surface area contributed by atoms with Gasteiger partial charge in [-0.05, 0) is 61.8 Å². The third kappa shape index (κ3) is 5.79. The van der Waals surface area contributed by atoms with Gasteiger partial charge in [-0.2, -0.15) is 13.2 Å². The number of anilines is 1. The van der Waals surface area contributed by atoms with Crippen LogP contribution in [-0.4, -0.2) is 23.9 Å². The summed E-state index contributed by atoms with van der Waals surface area (Å²) in [5, 5.41) is 3.35. The second-order valence-electron chi connectivity index (χ2n) is 6.97. The highest BCUT2D eigenvalue weighted by Gasteiger charge is 2.34. The van der Waals surface area contributed by atoms with Gasteiger partial charge in [-0.1, -0.05) is 40.9 Å². The van der Waals surface area contributed by atoms with Crippen molar-refractivity contribution in [3.8, 4) is 0 Å². The van der Waals surface area contributed by atoms with Crippen LogP contribution in [0.3, 0.4) is 0 Å². The summed E-state index contributed by atoms with van der Waals surface area (Å²) >= 11 is 17.7. The lowest BCUT2D eigenvalue weighted by atomic mass is 9.95. The summed E-state index contributed by atoms with van der Waals surface area (Å²) in [5.41, 5.74) is 0.0774. The Morgan fingerprint density at radius 2 is 1.72 bits per heavy atom. The van der Waals surface area contributed by atoms with Crippen molar-refractivity contribution in [2.75, 3.05) is 18.4 Å². The van der Waals surface area contributed by atoms with E-state index in [1.807, 2.05) is 6.07 Å². The maximum atomic E-state index is 13.0. The molecule has 0 aromatic heterocycles. The molecule has 2 aromatic carbocycles. The molecule has 156 valence electrons. The van der Waals surface area contributed by atoms with Gasteiger partial charge < -0.3 is 5.32 Å². The Hall–Kier alpha value is -1.47. The Morgan fingerprint density at radius 3 is 2.34 bits per heavy atom. The van der Waals surface area contributed by atoms with Crippen molar-refractivity contribution in [1.29, 1.82) is 0 Å². The molecule has 3 nitrogen and oxygen atoms in total. The van der Waals surface area contributed by atoms with Crippen molar-refractivity contribution < 1.29 is 18.0 Å². The molecule has 29 heavy (non-hydrogen) atoms. The van der Waals surface area contributed by atoms with Crippen molar-refractivity contribution in [3.05, 3.63) is 62.6 Å². The molecule has 0 bridgehead atoms. The van der Waals surface area contributed by atoms with E-state index in [0.29, 0.717) is 42.5 Å². The number of halogens is 6. The summed E-state index contributed by atoms with van der Waals surface area (Å²) in [6, 6.07) is 8.72. The average Bonchev–Trinajstić information content (AvgIpc) is 2.65. The van der Waals surface area contributed by atoms with E-state index in [1.165, 1.54) is 6.07 Å². The van der Waals surface area contributed by atoms with Crippen LogP contribution in [0.25, 0.3) is 0 Å². The zero-order valence-corrected chi connectivity index (χ0v) is 17.5. The maximum Gasteiger partial charge on any atom is 0.417 e. The number of likely N-dealkylation sites (tertiary alicyclic amines) is 1. The second-order valence-corrected chi connectivity index (χ2v) is 8.22. The molecular weight excluding hydrogens is 448 g/mol. The van der Waals surface area contributed by atoms with Crippen LogP contribution < -0.4 is 5.32 Å². The molecule has 0 saturated carbocycles. The molecule has 1 N–H and O–H groups in total. The summed E-state index contributed by atoms with van der Waals surface area (Å²) in [6.07, 6.45) is -3.36. The Labute approximate surface area is 181 Å². The van der Waals surface area contributed by atoms with Crippen molar-refractivity contribution in [2.24, 2.45) is 5.92 Å². The van der Waals surface area contributed by atoms with Gasteiger partial charge in [0.15, 0.2) is 0 Å². The Morgan fingerprint density at radius 1 is 1.03 bits per heavy atom. The quantitative estimate of drug-likeness (QED) is 0.558. The highest BCUT2D eigenvalue weighted by molar-refractivity contribution is 6.35. The lowest BCUT2D eigenvalue weighted by Gasteiger charge is -2.31. The molecule has 1 amide bonds. The number of nitrogens with zero attached hydrogens (tertiary/aromatic N) is 1. The van der Waals surface area contributed by atoms with Crippen molar-refractivity contribution in [3.63, 3.8) is 0 Å². The first-order chi connectivity index (χ1) is 13.6. The van der Waals surface area contributed by atoms with Crippen LogP contribution in [0.2, 0.25) is 15.1 Å². The van der Waals surface area contributed by atoms with Crippen LogP contribution in [0.1, 0.15) is 24.0 Å². The summed E-state index contributed by atoms with van der Waals surface area (Å²) in [4.78, 5) is 14.7. The third-order valence-corrected chi connectivity index (χ3v) is 5.82. The van der Waals surface area contributed by atoms with E-state index in [0.717, 1.165) is 17.7 Å². The van der Waals surface area contributed by atoms with Crippen LogP contribution in [0, 0.1) is 5.92 Å². The molecule has 0 unspecified atom stereocenters. The molecule has 1 saturated heterocycles. The number of carbonyl (C=O) groups excluding carboxylic acids is 1. The molecule has 1 heterocycles. The average molecular weight is 466 g/mol. The van der Waals surface area contributed by atoms with Crippen LogP contribution in [-0.2, 0) is 17.5 Å². The number of piperidine rings is 1. The summed E-state index contributed by atoms with van der Waals surface area (Å²) in [5.74, 6) is -0.554. The van der Waals surface area contributed by atoms with Gasteiger partial charge in [0.25, 0.3) is 0 Å². The van der Waals surface area contributed by atoms with Gasteiger partial charge in [0.05, 0.1) is 10.6 Å². The van der Waals surface area contributed by atoms with E-state index >= 15 is 0 Å². The highest BCUT2D eigenvalue weighted by atomic mass is 35.5. The molecule has 1 aliphatic rings. The fourth-order valence-corrected chi connectivity index (χ4v) is 4.00. The normalized spacial score (nSPS) is 16.1. The standard InChI is InChI=1S/C20H18Cl3F3N2O/c21-14-2-1-13(18(23)9-14)11-28-7-5-12(6-8-28)19(29)27-15-3-4-17(22)16(10-15)20(24,25)26/h1-4,9-10,12H,5-8,11H2,(H,27,29). The molecule has 2 aromatic rings. The molecule has 1 aliphatic heterocycles. The van der Waals surface area contributed by atoms with Crippen molar-refractivity contribution >= 4 is 46.4 Å². The van der Waals surface area contributed by atoms with Gasteiger partial charge >= 0.3 is 6.18 Å². The van der Waals surface area contributed by atoms with Crippen LogP contribution in [0.5, 0.6) is 0 Å². The number of alkyl halides is 3. The molecule has 0 aliphatic carbocycles. The molecule has 0 spiro atoms. The predicted octanol–water partition coefficient (Wildman–Crippen LogP) is 6.52. The first-order valence-corrected chi connectivity index (χ1v) is 10.1. The highest BCUT2D eigenvalue weighted by Crippen LogP contribution is 2.36. The fraction of sp³-hybridized carbons (Fsp3) is 0.350. The summed E-state index contributed by atoms with van der Waals surface area (Å²) in [7, 11) is 0. The van der Waals surface area contributed by atoms with E-state index in [2.05, 4.69) is 10.2 Å². The number of rotatable bonds is 4. The zero-order chi connectivity index (χ0) is 21.2. The van der Waals surface area contributed by atoms with E-state index in [4.69, 9.17) is 34.8 Å². The monoisotopic (exact) mass is 464 g/mol. The minimum Gasteiger partial charge on any atom is -0.326 e. The summed E-state index contributed by atoms with van der Waals surface area (Å²) < 4.78 is 38.9. The van der Waals surface area contributed by atoms with Gasteiger partial charge in [0.2, 0.25) is 5.91 Å². The smallest absolute Gasteiger partial charge is 0.326 e. The summed E-state index contributed by atoms with van der Waals surface area (Å²) in [6.45, 7) is 2.02. The number of benzene rings is 2. The van der Waals surface area contributed by atoms with E-state index in [9.17, 15) is 18.0 Å². The van der Waals surface area contributed by atoms with Crippen molar-refractivity contribution in [2.45, 2.75) is 25.6 Å². The molecule has 3 rings (SSSR count). The minimum atomic E-state index is -4.58. The zero-order valence-electron chi connectivity index (χ0n) is 15.2. The number of carbonyl (C=O) groups is 1. The molecule has 0 radical (unpaired) electrons. The topological polar surface area (TPSA) is 32.3 Å². The third-order valence-electron chi connectivity index (χ3n) is 4.91. The SMILES string of the molecule is O=C(Nc1ccc(Cl)c(C(F)(F)F)c1)C1CCN(Cc2ccc(Cl)cc2Cl)CC1. The lowest BCUT2D eigenvalue weighted by Crippen LogP contribution is -2.37. The second kappa shape index (κ2) is 9.13. The van der Waals surface area contributed by atoms with Crippen LogP contribution in [0.15, 0.2) is 36.4 Å². The number of hydrogen-bond acceptors (Lipinski definition) is 2. The van der Waals surface area contributed by atoms with Gasteiger partial charge in [0.1, 0.15) is 0 Å². The molecule has 9 heteroatoms. The number of hydrogen-bond donors (Lipinski definition) is 1. The largest absolute Gasteiger partial charge is 0.417 e. The Kier molecular flexibility index (Phi) is 6.99. The number of amides is 1. The molecular formula is C20H18Cl3F3N2O. The first kappa shape index (κ1) is 22.2. The first-order valence-electron chi connectivity index (χ1n) is 8.97. The predicted molar refractivity (Wildman–Crippen MR) is 110 cm³/mol. The fourth-order valence-electron chi connectivity index (χ4n) is 3.31. The van der Waals surface area contributed by atoms with Gasteiger partial charge in [-0.15, -0.1) is 0 Å². The van der Waals surface area contributed by atoms with Gasteiger partial charge in [0, 0.05) is 28.2 Å². The van der Waals surface area contributed by atoms with E-state index in [-0.39, 0.29) is 17.5 Å². The van der Waals surface area contributed by atoms with E-state index in [1.54, 1.807) is 12.1 Å². The van der Waals surface area contributed by atoms with Crippen LogP contribution in [0.4, 0.5) is 18.9 Å². The molecule has 0 atom stereocenters. The Balaban J connectivity index is 1.56. The van der Waals surface area contributed by atoms with Crippen molar-refractivity contribution in [1.82, 2.24) is 4.90 Å². The van der Waals surface area contributed by atoms with Gasteiger partial charge in [-0.3, -0.25) is 9.69 Å². The van der Waals surface area contributed by atoms with Gasteiger partial charge in [-0.25, -0.2) is 0 Å². The maximum absolute atomic E-state index is 13.0.